The van der Waals surface area contributed by atoms with Gasteiger partial charge in [0.05, 0.1) is 25.4 Å². The molecule has 0 aliphatic carbocycles. The van der Waals surface area contributed by atoms with Gasteiger partial charge < -0.3 is 14.8 Å². The molecule has 1 aliphatic heterocycles. The molecule has 1 aromatic carbocycles. The lowest BCUT2D eigenvalue weighted by atomic mass is 9.92. The van der Waals surface area contributed by atoms with Gasteiger partial charge in [0.25, 0.3) is 0 Å². The van der Waals surface area contributed by atoms with E-state index < -0.39 is 18.0 Å². The second-order valence-electron chi connectivity index (χ2n) is 5.42. The van der Waals surface area contributed by atoms with Crippen molar-refractivity contribution in [3.63, 3.8) is 0 Å². The SMILES string of the molecule is COC(=O)C1=C(C(C)=O)[C@@H](c2ccc(C(=O)OC)cc2)n2nnnc2N1. The van der Waals surface area contributed by atoms with Crippen LogP contribution in [0.25, 0.3) is 0 Å². The molecule has 2 aromatic rings. The first-order chi connectivity index (χ1) is 12.5. The topological polar surface area (TPSA) is 125 Å². The van der Waals surface area contributed by atoms with Gasteiger partial charge in [-0.3, -0.25) is 4.79 Å². The van der Waals surface area contributed by atoms with E-state index in [-0.39, 0.29) is 23.0 Å². The molecular formula is C16H15N5O5. The fourth-order valence-electron chi connectivity index (χ4n) is 2.75. The van der Waals surface area contributed by atoms with E-state index in [1.165, 1.54) is 25.8 Å². The zero-order valence-electron chi connectivity index (χ0n) is 14.2. The molecule has 1 N–H and O–H groups in total. The molecule has 2 heterocycles. The van der Waals surface area contributed by atoms with Crippen molar-refractivity contribution in [1.82, 2.24) is 20.2 Å². The van der Waals surface area contributed by atoms with Gasteiger partial charge in [-0.2, -0.15) is 4.68 Å². The number of carbonyl (C=O) groups is 3. The Morgan fingerprint density at radius 2 is 1.73 bits per heavy atom. The van der Waals surface area contributed by atoms with Gasteiger partial charge >= 0.3 is 11.9 Å². The highest BCUT2D eigenvalue weighted by atomic mass is 16.5. The number of nitrogens with zero attached hydrogens (tertiary/aromatic N) is 4. The first-order valence-corrected chi connectivity index (χ1v) is 7.54. The van der Waals surface area contributed by atoms with Crippen LogP contribution in [-0.2, 0) is 19.1 Å². The molecule has 0 fully saturated rings. The number of anilines is 1. The van der Waals surface area contributed by atoms with E-state index in [1.54, 1.807) is 24.3 Å². The summed E-state index contributed by atoms with van der Waals surface area (Å²) in [5.41, 5.74) is 1.09. The Bertz CT molecular complexity index is 915. The fourth-order valence-corrected chi connectivity index (χ4v) is 2.75. The van der Waals surface area contributed by atoms with Crippen LogP contribution in [0.4, 0.5) is 5.95 Å². The number of esters is 2. The number of tetrazole rings is 1. The van der Waals surface area contributed by atoms with Gasteiger partial charge in [0.1, 0.15) is 11.7 Å². The van der Waals surface area contributed by atoms with Gasteiger partial charge in [0.15, 0.2) is 5.78 Å². The van der Waals surface area contributed by atoms with Crippen molar-refractivity contribution < 1.29 is 23.9 Å². The predicted molar refractivity (Wildman–Crippen MR) is 87.1 cm³/mol. The van der Waals surface area contributed by atoms with Crippen molar-refractivity contribution >= 4 is 23.7 Å². The van der Waals surface area contributed by atoms with Crippen LogP contribution < -0.4 is 5.32 Å². The van der Waals surface area contributed by atoms with Crippen molar-refractivity contribution in [2.75, 3.05) is 19.5 Å². The fraction of sp³-hybridized carbons (Fsp3) is 0.250. The average molecular weight is 357 g/mol. The van der Waals surface area contributed by atoms with E-state index in [9.17, 15) is 14.4 Å². The molecule has 0 spiro atoms. The summed E-state index contributed by atoms with van der Waals surface area (Å²) in [5, 5.41) is 14.0. The molecular weight excluding hydrogens is 342 g/mol. The molecule has 134 valence electrons. The van der Waals surface area contributed by atoms with E-state index >= 15 is 0 Å². The summed E-state index contributed by atoms with van der Waals surface area (Å²) in [6, 6.07) is 5.66. The number of rotatable bonds is 4. The number of fused-ring (bicyclic) bond motifs is 1. The monoisotopic (exact) mass is 357 g/mol. The maximum atomic E-state index is 12.3. The predicted octanol–water partition coefficient (Wildman–Crippen LogP) is 0.491. The van der Waals surface area contributed by atoms with Gasteiger partial charge in [0, 0.05) is 0 Å². The number of hydrogen-bond donors (Lipinski definition) is 1. The van der Waals surface area contributed by atoms with Crippen molar-refractivity contribution in [2.24, 2.45) is 0 Å². The number of benzene rings is 1. The molecule has 10 heteroatoms. The molecule has 26 heavy (non-hydrogen) atoms. The zero-order chi connectivity index (χ0) is 18.8. The minimum Gasteiger partial charge on any atom is -0.465 e. The first-order valence-electron chi connectivity index (χ1n) is 7.54. The number of carbonyl (C=O) groups excluding carboxylic acids is 3. The third-order valence-electron chi connectivity index (χ3n) is 3.93. The zero-order valence-corrected chi connectivity index (χ0v) is 14.2. The van der Waals surface area contributed by atoms with Crippen molar-refractivity contribution in [3.05, 3.63) is 46.7 Å². The van der Waals surface area contributed by atoms with Crippen molar-refractivity contribution in [2.45, 2.75) is 13.0 Å². The molecule has 10 nitrogen and oxygen atoms in total. The lowest BCUT2D eigenvalue weighted by Crippen LogP contribution is -2.32. The lowest BCUT2D eigenvalue weighted by Gasteiger charge is -2.27. The quantitative estimate of drug-likeness (QED) is 0.778. The van der Waals surface area contributed by atoms with E-state index in [2.05, 4.69) is 25.6 Å². The molecule has 1 atom stereocenters. The minimum atomic E-state index is -0.750. The summed E-state index contributed by atoms with van der Waals surface area (Å²) in [6.45, 7) is 1.34. The molecule has 0 saturated heterocycles. The number of allylic oxidation sites excluding steroid dienone is 1. The van der Waals surface area contributed by atoms with Crippen LogP contribution in [0, 0.1) is 0 Å². The normalized spacial score (nSPS) is 15.7. The number of nitrogens with one attached hydrogen (secondary N) is 1. The first kappa shape index (κ1) is 17.3. The molecule has 0 radical (unpaired) electrons. The van der Waals surface area contributed by atoms with E-state index in [1.807, 2.05) is 0 Å². The number of Topliss-reactive ketones (excluding diaryl/α,β-unsaturated/α-hetero) is 1. The van der Waals surface area contributed by atoms with E-state index in [4.69, 9.17) is 4.74 Å². The Hall–Kier alpha value is -3.56. The van der Waals surface area contributed by atoms with Crippen molar-refractivity contribution in [3.8, 4) is 0 Å². The summed E-state index contributed by atoms with van der Waals surface area (Å²) in [4.78, 5) is 36.1. The number of hydrogen-bond acceptors (Lipinski definition) is 9. The van der Waals surface area contributed by atoms with Gasteiger partial charge in [-0.1, -0.05) is 17.2 Å². The van der Waals surface area contributed by atoms with Crippen LogP contribution in [0.5, 0.6) is 0 Å². The van der Waals surface area contributed by atoms with Crippen molar-refractivity contribution in [1.29, 1.82) is 0 Å². The van der Waals surface area contributed by atoms with Gasteiger partial charge in [-0.25, -0.2) is 9.59 Å². The van der Waals surface area contributed by atoms with Crippen LogP contribution in [0.3, 0.4) is 0 Å². The number of aromatic nitrogens is 4. The summed E-state index contributed by atoms with van der Waals surface area (Å²) in [7, 11) is 2.50. The minimum absolute atomic E-state index is 0.0238. The third kappa shape index (κ3) is 2.81. The number of methoxy groups -OCH3 is 2. The van der Waals surface area contributed by atoms with E-state index in [0.29, 0.717) is 11.1 Å². The Labute approximate surface area is 147 Å². The summed E-state index contributed by atoms with van der Waals surface area (Å²) < 4.78 is 10.8. The Balaban J connectivity index is 2.16. The maximum Gasteiger partial charge on any atom is 0.355 e. The lowest BCUT2D eigenvalue weighted by molar-refractivity contribution is -0.136. The summed E-state index contributed by atoms with van der Waals surface area (Å²) in [5.74, 6) is -1.35. The molecule has 3 rings (SSSR count). The average Bonchev–Trinajstić information content (AvgIpc) is 3.13. The highest BCUT2D eigenvalue weighted by Gasteiger charge is 2.36. The Morgan fingerprint density at radius 3 is 2.31 bits per heavy atom. The van der Waals surface area contributed by atoms with Gasteiger partial charge in [0.2, 0.25) is 5.95 Å². The largest absolute Gasteiger partial charge is 0.465 e. The standard InChI is InChI=1S/C16H15N5O5/c1-8(22)11-12(15(24)26-3)17-16-18-19-20-21(16)13(11)9-4-6-10(7-5-9)14(23)25-2/h4-7,13H,1-3H3,(H,17,18,20)/t13-/m1/s1. The molecule has 0 amide bonds. The van der Waals surface area contributed by atoms with E-state index in [0.717, 1.165) is 0 Å². The summed E-state index contributed by atoms with van der Waals surface area (Å²) in [6.07, 6.45) is 0. The molecule has 0 bridgehead atoms. The van der Waals surface area contributed by atoms with Crippen LogP contribution in [0.2, 0.25) is 0 Å². The second-order valence-corrected chi connectivity index (χ2v) is 5.42. The van der Waals surface area contributed by atoms with Crippen LogP contribution in [0.1, 0.15) is 28.9 Å². The highest BCUT2D eigenvalue weighted by Crippen LogP contribution is 2.35. The van der Waals surface area contributed by atoms with Crippen LogP contribution in [0.15, 0.2) is 35.5 Å². The number of ether oxygens (including phenoxy) is 2. The third-order valence-corrected chi connectivity index (χ3v) is 3.93. The van der Waals surface area contributed by atoms with Crippen LogP contribution >= 0.6 is 0 Å². The molecule has 0 unspecified atom stereocenters. The Kier molecular flexibility index (Phi) is 4.48. The van der Waals surface area contributed by atoms with Gasteiger partial charge in [-0.05, 0) is 35.0 Å². The second kappa shape index (κ2) is 6.75. The molecule has 0 saturated carbocycles. The maximum absolute atomic E-state index is 12.3. The Morgan fingerprint density at radius 1 is 1.08 bits per heavy atom. The number of ketones is 1. The smallest absolute Gasteiger partial charge is 0.355 e. The molecule has 1 aromatic heterocycles. The highest BCUT2D eigenvalue weighted by molar-refractivity contribution is 6.06. The van der Waals surface area contributed by atoms with Crippen LogP contribution in [-0.4, -0.2) is 52.1 Å². The van der Waals surface area contributed by atoms with Gasteiger partial charge in [-0.15, -0.1) is 0 Å². The molecule has 1 aliphatic rings. The summed E-state index contributed by atoms with van der Waals surface area (Å²) >= 11 is 0.